The summed E-state index contributed by atoms with van der Waals surface area (Å²) >= 11 is 0. The maximum Gasteiger partial charge on any atom is 0.416 e. The zero-order valence-electron chi connectivity index (χ0n) is 20.2. The summed E-state index contributed by atoms with van der Waals surface area (Å²) in [6, 6.07) is 25.4. The van der Waals surface area contributed by atoms with Crippen molar-refractivity contribution in [3.8, 4) is 23.3 Å². The lowest BCUT2D eigenvalue weighted by molar-refractivity contribution is -0.137. The van der Waals surface area contributed by atoms with Crippen LogP contribution in [0.5, 0.6) is 11.5 Å². The molecule has 3 aromatic carbocycles. The van der Waals surface area contributed by atoms with Crippen LogP contribution < -0.4 is 9.64 Å². The standard InChI is InChI=1S/C29H23F3N4O2/c30-29(31,32)22-7-6-8-23(19-22)34-15-17-35(18-16-34)28(37)27-21(20-33)13-14-36(27)25-11-4-5-12-26(25)38-24-9-2-1-3-10-24/h1-14,19H,15-18H2. The lowest BCUT2D eigenvalue weighted by Gasteiger charge is -2.36. The van der Waals surface area contributed by atoms with E-state index in [9.17, 15) is 23.2 Å². The van der Waals surface area contributed by atoms with E-state index in [0.29, 0.717) is 49.1 Å². The predicted octanol–water partition coefficient (Wildman–Crippen LogP) is 6.12. The maximum atomic E-state index is 13.7. The summed E-state index contributed by atoms with van der Waals surface area (Å²) in [4.78, 5) is 17.1. The number of hydrogen-bond donors (Lipinski definition) is 0. The van der Waals surface area contributed by atoms with Gasteiger partial charge in [0.15, 0.2) is 5.75 Å². The molecule has 0 radical (unpaired) electrons. The van der Waals surface area contributed by atoms with Crippen LogP contribution >= 0.6 is 0 Å². The summed E-state index contributed by atoms with van der Waals surface area (Å²) in [5.41, 5.74) is 0.791. The highest BCUT2D eigenvalue weighted by Crippen LogP contribution is 2.33. The number of carbonyl (C=O) groups is 1. The molecule has 192 valence electrons. The largest absolute Gasteiger partial charge is 0.455 e. The topological polar surface area (TPSA) is 61.5 Å². The molecule has 0 atom stereocenters. The van der Waals surface area contributed by atoms with Crippen molar-refractivity contribution >= 4 is 11.6 Å². The minimum Gasteiger partial charge on any atom is -0.455 e. The zero-order valence-corrected chi connectivity index (χ0v) is 20.2. The van der Waals surface area contributed by atoms with E-state index < -0.39 is 11.7 Å². The fourth-order valence-corrected chi connectivity index (χ4v) is 4.50. The van der Waals surface area contributed by atoms with E-state index in [4.69, 9.17) is 4.74 Å². The number of hydrogen-bond acceptors (Lipinski definition) is 4. The number of amides is 1. The van der Waals surface area contributed by atoms with E-state index in [1.807, 2.05) is 53.4 Å². The molecule has 1 aliphatic rings. The Bertz CT molecular complexity index is 1480. The monoisotopic (exact) mass is 516 g/mol. The highest BCUT2D eigenvalue weighted by molar-refractivity contribution is 5.96. The van der Waals surface area contributed by atoms with Gasteiger partial charge in [-0.05, 0) is 48.5 Å². The summed E-state index contributed by atoms with van der Waals surface area (Å²) < 4.78 is 47.2. The van der Waals surface area contributed by atoms with Crippen LogP contribution in [0.2, 0.25) is 0 Å². The van der Waals surface area contributed by atoms with Crippen LogP contribution in [0.15, 0.2) is 91.1 Å². The summed E-state index contributed by atoms with van der Waals surface area (Å²) in [6.45, 7) is 1.33. The van der Waals surface area contributed by atoms with E-state index in [0.717, 1.165) is 12.1 Å². The van der Waals surface area contributed by atoms with Crippen molar-refractivity contribution in [1.82, 2.24) is 9.47 Å². The highest BCUT2D eigenvalue weighted by atomic mass is 19.4. The van der Waals surface area contributed by atoms with Crippen molar-refractivity contribution in [3.63, 3.8) is 0 Å². The molecular formula is C29H23F3N4O2. The first-order valence-electron chi connectivity index (χ1n) is 12.0. The zero-order chi connectivity index (χ0) is 26.7. The molecule has 6 nitrogen and oxygen atoms in total. The van der Waals surface area contributed by atoms with E-state index in [-0.39, 0.29) is 17.2 Å². The average Bonchev–Trinajstić information content (AvgIpc) is 3.37. The molecule has 4 aromatic rings. The van der Waals surface area contributed by atoms with E-state index in [2.05, 4.69) is 6.07 Å². The number of carbonyl (C=O) groups excluding carboxylic acids is 1. The van der Waals surface area contributed by atoms with Crippen LogP contribution in [0, 0.1) is 11.3 Å². The van der Waals surface area contributed by atoms with Crippen molar-refractivity contribution in [3.05, 3.63) is 108 Å². The third-order valence-electron chi connectivity index (χ3n) is 6.41. The van der Waals surface area contributed by atoms with Gasteiger partial charge >= 0.3 is 6.18 Å². The third-order valence-corrected chi connectivity index (χ3v) is 6.41. The Labute approximate surface area is 217 Å². The number of anilines is 1. The van der Waals surface area contributed by atoms with Gasteiger partial charge in [-0.25, -0.2) is 0 Å². The Balaban J connectivity index is 1.38. The van der Waals surface area contributed by atoms with Gasteiger partial charge in [-0.15, -0.1) is 0 Å². The second-order valence-corrected chi connectivity index (χ2v) is 8.77. The summed E-state index contributed by atoms with van der Waals surface area (Å²) in [7, 11) is 0. The average molecular weight is 517 g/mol. The molecule has 38 heavy (non-hydrogen) atoms. The number of benzene rings is 3. The molecule has 1 fully saturated rings. The van der Waals surface area contributed by atoms with Gasteiger partial charge in [0.25, 0.3) is 5.91 Å². The quantitative estimate of drug-likeness (QED) is 0.321. The molecule has 0 N–H and O–H groups in total. The van der Waals surface area contributed by atoms with Gasteiger partial charge in [0.1, 0.15) is 17.5 Å². The van der Waals surface area contributed by atoms with Crippen molar-refractivity contribution < 1.29 is 22.7 Å². The predicted molar refractivity (Wildman–Crippen MR) is 137 cm³/mol. The number of nitriles is 1. The van der Waals surface area contributed by atoms with Gasteiger partial charge in [-0.3, -0.25) is 4.79 Å². The molecule has 1 saturated heterocycles. The first-order chi connectivity index (χ1) is 18.3. The van der Waals surface area contributed by atoms with Gasteiger partial charge in [-0.1, -0.05) is 36.4 Å². The highest BCUT2D eigenvalue weighted by Gasteiger charge is 2.32. The van der Waals surface area contributed by atoms with Gasteiger partial charge in [0.2, 0.25) is 0 Å². The second-order valence-electron chi connectivity index (χ2n) is 8.77. The van der Waals surface area contributed by atoms with Crippen LogP contribution in [0.3, 0.4) is 0 Å². The molecule has 0 spiro atoms. The Morgan fingerprint density at radius 1 is 0.868 bits per heavy atom. The number of nitrogens with zero attached hydrogens (tertiary/aromatic N) is 4. The van der Waals surface area contributed by atoms with Crippen LogP contribution in [0.1, 0.15) is 21.6 Å². The number of alkyl halides is 3. The van der Waals surface area contributed by atoms with Crippen molar-refractivity contribution in [2.75, 3.05) is 31.1 Å². The minimum atomic E-state index is -4.42. The van der Waals surface area contributed by atoms with Crippen LogP contribution in [-0.4, -0.2) is 41.6 Å². The van der Waals surface area contributed by atoms with Crippen molar-refractivity contribution in [2.45, 2.75) is 6.18 Å². The van der Waals surface area contributed by atoms with Crippen molar-refractivity contribution in [1.29, 1.82) is 5.26 Å². The third kappa shape index (κ3) is 5.06. The Hall–Kier alpha value is -4.71. The SMILES string of the molecule is N#Cc1ccn(-c2ccccc2Oc2ccccc2)c1C(=O)N1CCN(c2cccc(C(F)(F)F)c2)CC1. The molecule has 9 heteroatoms. The van der Waals surface area contributed by atoms with Crippen LogP contribution in [0.4, 0.5) is 18.9 Å². The molecule has 1 amide bonds. The van der Waals surface area contributed by atoms with Gasteiger partial charge in [-0.2, -0.15) is 18.4 Å². The van der Waals surface area contributed by atoms with Gasteiger partial charge in [0, 0.05) is 38.1 Å². The number of piperazine rings is 1. The number of halogens is 3. The summed E-state index contributed by atoms with van der Waals surface area (Å²) in [5, 5.41) is 9.75. The molecule has 0 bridgehead atoms. The number of rotatable bonds is 5. The van der Waals surface area contributed by atoms with Crippen LogP contribution in [-0.2, 0) is 6.18 Å². The second kappa shape index (κ2) is 10.3. The maximum absolute atomic E-state index is 13.7. The summed E-state index contributed by atoms with van der Waals surface area (Å²) in [5.74, 6) is 0.818. The lowest BCUT2D eigenvalue weighted by atomic mass is 10.1. The fraction of sp³-hybridized carbons (Fsp3) is 0.172. The molecule has 1 aromatic heterocycles. The Morgan fingerprint density at radius 3 is 2.29 bits per heavy atom. The molecule has 0 saturated carbocycles. The van der Waals surface area contributed by atoms with E-state index in [1.165, 1.54) is 6.07 Å². The lowest BCUT2D eigenvalue weighted by Crippen LogP contribution is -2.49. The Morgan fingerprint density at radius 2 is 1.58 bits per heavy atom. The molecule has 0 unspecified atom stereocenters. The normalized spacial score (nSPS) is 13.7. The van der Waals surface area contributed by atoms with Gasteiger partial charge < -0.3 is 19.1 Å². The Kier molecular flexibility index (Phi) is 6.79. The number of aromatic nitrogens is 1. The van der Waals surface area contributed by atoms with E-state index in [1.54, 1.807) is 33.9 Å². The first-order valence-corrected chi connectivity index (χ1v) is 12.0. The smallest absolute Gasteiger partial charge is 0.416 e. The van der Waals surface area contributed by atoms with E-state index >= 15 is 0 Å². The minimum absolute atomic E-state index is 0.212. The number of para-hydroxylation sites is 3. The summed E-state index contributed by atoms with van der Waals surface area (Å²) in [6.07, 6.45) is -2.76. The molecular weight excluding hydrogens is 493 g/mol. The molecule has 5 rings (SSSR count). The van der Waals surface area contributed by atoms with Crippen molar-refractivity contribution in [2.24, 2.45) is 0 Å². The molecule has 1 aliphatic heterocycles. The molecule has 2 heterocycles. The fourth-order valence-electron chi connectivity index (χ4n) is 4.50. The van der Waals surface area contributed by atoms with Gasteiger partial charge in [0.05, 0.1) is 16.8 Å². The first kappa shape index (κ1) is 25.0. The number of ether oxygens (including phenoxy) is 1. The van der Waals surface area contributed by atoms with Crippen LogP contribution in [0.25, 0.3) is 5.69 Å². The molecule has 0 aliphatic carbocycles.